The molecule has 0 bridgehead atoms. The number of hydroxylamine groups is 2. The van der Waals surface area contributed by atoms with Crippen LogP contribution in [0.1, 0.15) is 5.56 Å². The molecule has 1 aliphatic heterocycles. The minimum absolute atomic E-state index is 0.122. The first kappa shape index (κ1) is 11.9. The zero-order chi connectivity index (χ0) is 12.1. The van der Waals surface area contributed by atoms with Gasteiger partial charge in [0, 0.05) is 0 Å². The minimum atomic E-state index is -0.282. The number of β-lactam (4-membered cyclic amide) rings is 1. The summed E-state index contributed by atoms with van der Waals surface area (Å²) in [7, 11) is 0.737. The summed E-state index contributed by atoms with van der Waals surface area (Å²) >= 11 is 0. The predicted molar refractivity (Wildman–Crippen MR) is 61.2 cm³/mol. The molecule has 1 amide bonds. The summed E-state index contributed by atoms with van der Waals surface area (Å²) in [5.41, 5.74) is 1.02. The third kappa shape index (κ3) is 2.98. The van der Waals surface area contributed by atoms with Gasteiger partial charge in [-0.15, -0.1) is 0 Å². The van der Waals surface area contributed by atoms with Crippen LogP contribution in [0.4, 0.5) is 0 Å². The monoisotopic (exact) mass is 232 g/mol. The maximum absolute atomic E-state index is 11.5. The van der Waals surface area contributed by atoms with Crippen molar-refractivity contribution in [2.24, 2.45) is 0 Å². The Hall–Kier alpha value is -1.53. The van der Waals surface area contributed by atoms with E-state index in [1.165, 1.54) is 5.06 Å². The van der Waals surface area contributed by atoms with Crippen LogP contribution in [0.3, 0.4) is 0 Å². The molecule has 1 atom stereocenters. The molecule has 1 N–H and O–H groups in total. The summed E-state index contributed by atoms with van der Waals surface area (Å²) in [6.07, 6.45) is 0.197. The molecule has 2 rings (SSSR count). The zero-order valence-corrected chi connectivity index (χ0v) is 9.33. The Labute approximate surface area is 100.0 Å². The molecule has 6 heteroatoms. The molecule has 0 aliphatic carbocycles. The third-order valence-corrected chi connectivity index (χ3v) is 2.57. The van der Waals surface area contributed by atoms with Gasteiger partial charge in [-0.1, -0.05) is 0 Å². The van der Waals surface area contributed by atoms with Gasteiger partial charge < -0.3 is 0 Å². The number of carbonyl (C=O) groups is 1. The molecular weight excluding hydrogens is 219 g/mol. The van der Waals surface area contributed by atoms with Crippen molar-refractivity contribution in [3.05, 3.63) is 35.9 Å². The second kappa shape index (κ2) is 5.70. The summed E-state index contributed by atoms with van der Waals surface area (Å²) in [6, 6.07) is 9.36. The van der Waals surface area contributed by atoms with Crippen LogP contribution in [-0.4, -0.2) is 37.2 Å². The molecule has 1 unspecified atom stereocenters. The van der Waals surface area contributed by atoms with Gasteiger partial charge in [-0.2, -0.15) is 0 Å². The maximum atomic E-state index is 11.5. The topological polar surface area (TPSA) is 58.6 Å². The quantitative estimate of drug-likeness (QED) is 0.550. The molecule has 0 radical (unpaired) electrons. The Morgan fingerprint density at radius 3 is 2.82 bits per heavy atom. The van der Waals surface area contributed by atoms with Crippen LogP contribution in [0.25, 0.3) is 0 Å². The van der Waals surface area contributed by atoms with Crippen molar-refractivity contribution >= 4 is 13.1 Å². The van der Waals surface area contributed by atoms with Crippen molar-refractivity contribution < 1.29 is 14.3 Å². The van der Waals surface area contributed by atoms with E-state index in [4.69, 9.17) is 4.84 Å². The Kier molecular flexibility index (Phi) is 4.00. The van der Waals surface area contributed by atoms with Crippen LogP contribution in [0.15, 0.2) is 30.3 Å². The van der Waals surface area contributed by atoms with E-state index in [1.807, 2.05) is 30.3 Å². The van der Waals surface area contributed by atoms with Gasteiger partial charge in [0.25, 0.3) is 0 Å². The third-order valence-electron chi connectivity index (χ3n) is 2.57. The first-order valence-electron chi connectivity index (χ1n) is 5.46. The van der Waals surface area contributed by atoms with Crippen molar-refractivity contribution in [3.63, 3.8) is 0 Å². The molecule has 17 heavy (non-hydrogen) atoms. The summed E-state index contributed by atoms with van der Waals surface area (Å²) < 4.78 is 10.1. The fourth-order valence-corrected chi connectivity index (χ4v) is 1.58. The van der Waals surface area contributed by atoms with Crippen molar-refractivity contribution in [3.8, 4) is 0 Å². The molecular formula is C11H13BN2O3. The summed E-state index contributed by atoms with van der Waals surface area (Å²) in [4.78, 5) is 16.9. The van der Waals surface area contributed by atoms with E-state index in [9.17, 15) is 9.50 Å². The van der Waals surface area contributed by atoms with Gasteiger partial charge >= 0.3 is 99.3 Å². The molecule has 0 saturated carbocycles. The second-order valence-electron chi connectivity index (χ2n) is 3.79. The van der Waals surface area contributed by atoms with E-state index in [2.05, 4.69) is 5.32 Å². The van der Waals surface area contributed by atoms with Crippen LogP contribution in [0.5, 0.6) is 0 Å². The van der Waals surface area contributed by atoms with E-state index in [-0.39, 0.29) is 18.4 Å². The van der Waals surface area contributed by atoms with Crippen molar-refractivity contribution in [1.29, 1.82) is 0 Å². The van der Waals surface area contributed by atoms with Gasteiger partial charge in [-0.05, 0) is 0 Å². The van der Waals surface area contributed by atoms with Crippen LogP contribution in [0, 0.1) is 0 Å². The molecule has 0 aromatic heterocycles. The van der Waals surface area contributed by atoms with Gasteiger partial charge in [0.15, 0.2) is 0 Å². The van der Waals surface area contributed by atoms with Crippen molar-refractivity contribution in [2.45, 2.75) is 12.6 Å². The molecule has 1 aromatic carbocycles. The van der Waals surface area contributed by atoms with E-state index in [0.29, 0.717) is 13.2 Å². The number of nitrogens with zero attached hydrogens (tertiary/aromatic N) is 1. The number of hydrogen-bond acceptors (Lipinski definition) is 4. The Morgan fingerprint density at radius 1 is 1.41 bits per heavy atom. The average molecular weight is 232 g/mol. The van der Waals surface area contributed by atoms with Crippen LogP contribution in [-0.2, 0) is 20.9 Å². The Balaban J connectivity index is 1.72. The number of carbonyl (C=O) groups excluding carboxylic acids is 1. The van der Waals surface area contributed by atoms with Gasteiger partial charge in [-0.25, -0.2) is 0 Å². The summed E-state index contributed by atoms with van der Waals surface area (Å²) in [5, 5.41) is 4.12. The number of amides is 1. The van der Waals surface area contributed by atoms with Crippen LogP contribution < -0.4 is 5.32 Å². The van der Waals surface area contributed by atoms with Gasteiger partial charge in [0.2, 0.25) is 0 Å². The molecule has 1 saturated heterocycles. The van der Waals surface area contributed by atoms with Crippen molar-refractivity contribution in [2.75, 3.05) is 13.0 Å². The average Bonchev–Trinajstić information content (AvgIpc) is 2.38. The fraction of sp³-hybridized carbons (Fsp3) is 0.364. The van der Waals surface area contributed by atoms with Gasteiger partial charge in [-0.3, -0.25) is 0 Å². The predicted octanol–water partition coefficient (Wildman–Crippen LogP) is -0.0742. The molecule has 1 aromatic rings. The molecule has 1 fully saturated rings. The normalized spacial score (nSPS) is 18.7. The van der Waals surface area contributed by atoms with E-state index in [0.717, 1.165) is 12.7 Å². The number of nitrogens with one attached hydrogen (secondary N) is 1. The van der Waals surface area contributed by atoms with Crippen LogP contribution in [0.2, 0.25) is 0 Å². The molecule has 5 nitrogen and oxygen atoms in total. The van der Waals surface area contributed by atoms with E-state index >= 15 is 0 Å². The number of rotatable bonds is 6. The number of hydrogen-bond donors (Lipinski definition) is 1. The Bertz CT molecular complexity index is 399. The van der Waals surface area contributed by atoms with Gasteiger partial charge in [0.1, 0.15) is 0 Å². The standard InChI is InChI=1S/C11H13BN2O3/c15-11-10(13-8-12-16)6-14(11)17-7-9-4-2-1-3-5-9/h1-5,10,13H,6-8H2. The fourth-order valence-electron chi connectivity index (χ4n) is 1.58. The summed E-state index contributed by atoms with van der Waals surface area (Å²) in [6.45, 7) is 0.868. The van der Waals surface area contributed by atoms with E-state index < -0.39 is 0 Å². The molecule has 0 spiro atoms. The SMILES string of the molecule is O=BCNC1CN(OCc2ccccc2)C1=O. The first-order valence-corrected chi connectivity index (χ1v) is 5.46. The van der Waals surface area contributed by atoms with Crippen molar-refractivity contribution in [1.82, 2.24) is 10.4 Å². The molecule has 1 heterocycles. The zero-order valence-electron chi connectivity index (χ0n) is 9.33. The van der Waals surface area contributed by atoms with E-state index in [1.54, 1.807) is 0 Å². The molecule has 1 aliphatic rings. The Morgan fingerprint density at radius 2 is 2.18 bits per heavy atom. The first-order chi connectivity index (χ1) is 8.31. The number of benzene rings is 1. The van der Waals surface area contributed by atoms with Gasteiger partial charge in [0.05, 0.1) is 0 Å². The second-order valence-corrected chi connectivity index (χ2v) is 3.79. The summed E-state index contributed by atoms with van der Waals surface area (Å²) in [5.74, 6) is -0.122. The van der Waals surface area contributed by atoms with Crippen LogP contribution >= 0.6 is 0 Å². The molecule has 88 valence electrons.